The van der Waals surface area contributed by atoms with E-state index in [4.69, 9.17) is 4.42 Å². The van der Waals surface area contributed by atoms with Gasteiger partial charge in [0.1, 0.15) is 5.76 Å². The molecule has 0 aliphatic carbocycles. The summed E-state index contributed by atoms with van der Waals surface area (Å²) in [4.78, 5) is 24.8. The summed E-state index contributed by atoms with van der Waals surface area (Å²) < 4.78 is 5.21. The van der Waals surface area contributed by atoms with Crippen molar-refractivity contribution in [3.8, 4) is 0 Å². The highest BCUT2D eigenvalue weighted by molar-refractivity contribution is 5.94. The lowest BCUT2D eigenvalue weighted by molar-refractivity contribution is -0.121. The van der Waals surface area contributed by atoms with Crippen LogP contribution in [0.3, 0.4) is 0 Å². The van der Waals surface area contributed by atoms with Gasteiger partial charge in [-0.2, -0.15) is 0 Å². The maximum absolute atomic E-state index is 12.5. The van der Waals surface area contributed by atoms with Crippen LogP contribution in [0.2, 0.25) is 0 Å². The number of benzene rings is 2. The number of furan rings is 1. The van der Waals surface area contributed by atoms with Gasteiger partial charge in [-0.25, -0.2) is 0 Å². The molecule has 0 saturated heterocycles. The maximum atomic E-state index is 12.5. The second kappa shape index (κ2) is 8.67. The normalized spacial score (nSPS) is 11.5. The Labute approximate surface area is 152 Å². The van der Waals surface area contributed by atoms with Crippen LogP contribution in [-0.2, 0) is 11.3 Å². The van der Waals surface area contributed by atoms with Crippen LogP contribution in [0.1, 0.15) is 34.1 Å². The van der Waals surface area contributed by atoms with Gasteiger partial charge in [-0.15, -0.1) is 0 Å². The van der Waals surface area contributed by atoms with Crippen LogP contribution in [0, 0.1) is 0 Å². The molecular weight excluding hydrogens is 328 g/mol. The van der Waals surface area contributed by atoms with E-state index in [2.05, 4.69) is 10.6 Å². The predicted molar refractivity (Wildman–Crippen MR) is 98.3 cm³/mol. The molecule has 0 radical (unpaired) electrons. The number of hydrogen-bond donors (Lipinski definition) is 2. The average molecular weight is 348 g/mol. The summed E-state index contributed by atoms with van der Waals surface area (Å²) in [5.74, 6) is 0.310. The van der Waals surface area contributed by atoms with E-state index < -0.39 is 6.04 Å². The molecule has 26 heavy (non-hydrogen) atoms. The van der Waals surface area contributed by atoms with Crippen LogP contribution in [0.25, 0.3) is 0 Å². The summed E-state index contributed by atoms with van der Waals surface area (Å²) in [6.07, 6.45) is 1.71. The third kappa shape index (κ3) is 4.83. The van der Waals surface area contributed by atoms with Gasteiger partial charge in [-0.3, -0.25) is 9.59 Å². The summed E-state index contributed by atoms with van der Waals surface area (Å²) in [6.45, 7) is 0.319. The van der Waals surface area contributed by atoms with Crippen LogP contribution in [-0.4, -0.2) is 11.8 Å². The van der Waals surface area contributed by atoms with E-state index in [1.165, 1.54) is 0 Å². The van der Waals surface area contributed by atoms with Gasteiger partial charge in [0.15, 0.2) is 0 Å². The lowest BCUT2D eigenvalue weighted by Crippen LogP contribution is -2.33. The molecule has 0 spiro atoms. The number of hydrogen-bond acceptors (Lipinski definition) is 3. The largest absolute Gasteiger partial charge is 0.467 e. The minimum Gasteiger partial charge on any atom is -0.467 e. The van der Waals surface area contributed by atoms with E-state index in [0.29, 0.717) is 17.9 Å². The van der Waals surface area contributed by atoms with Crippen molar-refractivity contribution in [2.45, 2.75) is 19.0 Å². The fourth-order valence-corrected chi connectivity index (χ4v) is 2.63. The van der Waals surface area contributed by atoms with Gasteiger partial charge in [-0.1, -0.05) is 48.5 Å². The van der Waals surface area contributed by atoms with E-state index in [1.807, 2.05) is 48.5 Å². The minimum absolute atomic E-state index is 0.142. The molecule has 3 aromatic rings. The first-order chi connectivity index (χ1) is 12.7. The van der Waals surface area contributed by atoms with Gasteiger partial charge >= 0.3 is 0 Å². The molecule has 1 atom stereocenters. The minimum atomic E-state index is -0.416. The van der Waals surface area contributed by atoms with Crippen molar-refractivity contribution >= 4 is 11.8 Å². The molecule has 5 nitrogen and oxygen atoms in total. The fourth-order valence-electron chi connectivity index (χ4n) is 2.63. The lowest BCUT2D eigenvalue weighted by atomic mass is 10.0. The zero-order valence-electron chi connectivity index (χ0n) is 14.2. The van der Waals surface area contributed by atoms with Crippen molar-refractivity contribution in [3.63, 3.8) is 0 Å². The standard InChI is InChI=1S/C21H20N2O3/c24-20(22-15-18-12-7-13-26-18)14-19(16-8-3-1-4-9-16)23-21(25)17-10-5-2-6-11-17/h1-13,19H,14-15H2,(H,22,24)(H,23,25). The van der Waals surface area contributed by atoms with E-state index in [0.717, 1.165) is 5.56 Å². The number of amides is 2. The summed E-state index contributed by atoms with van der Waals surface area (Å²) in [7, 11) is 0. The third-order valence-corrected chi connectivity index (χ3v) is 3.97. The van der Waals surface area contributed by atoms with Crippen molar-refractivity contribution in [2.24, 2.45) is 0 Å². The number of rotatable bonds is 7. The lowest BCUT2D eigenvalue weighted by Gasteiger charge is -2.19. The molecule has 3 rings (SSSR count). The van der Waals surface area contributed by atoms with Crippen LogP contribution in [0.5, 0.6) is 0 Å². The van der Waals surface area contributed by atoms with Gasteiger partial charge in [0.25, 0.3) is 5.91 Å². The van der Waals surface area contributed by atoms with E-state index in [9.17, 15) is 9.59 Å². The number of carbonyl (C=O) groups excluding carboxylic acids is 2. The molecular formula is C21H20N2O3. The molecule has 0 bridgehead atoms. The van der Waals surface area contributed by atoms with E-state index in [-0.39, 0.29) is 18.2 Å². The molecule has 0 aliphatic heterocycles. The Bertz CT molecular complexity index is 830. The molecule has 0 saturated carbocycles. The molecule has 0 fully saturated rings. The van der Waals surface area contributed by atoms with Gasteiger partial charge < -0.3 is 15.1 Å². The summed E-state index contributed by atoms with van der Waals surface area (Å²) in [5.41, 5.74) is 1.44. The molecule has 2 N–H and O–H groups in total. The molecule has 0 aliphatic rings. The Morgan fingerprint density at radius 2 is 1.58 bits per heavy atom. The van der Waals surface area contributed by atoms with Crippen molar-refractivity contribution < 1.29 is 14.0 Å². The molecule has 1 aromatic heterocycles. The Kier molecular flexibility index (Phi) is 5.83. The first-order valence-electron chi connectivity index (χ1n) is 8.42. The molecule has 1 heterocycles. The Morgan fingerprint density at radius 3 is 2.23 bits per heavy atom. The summed E-state index contributed by atoms with van der Waals surface area (Å²) in [6, 6.07) is 21.6. The molecule has 5 heteroatoms. The van der Waals surface area contributed by atoms with Crippen molar-refractivity contribution in [1.29, 1.82) is 0 Å². The number of carbonyl (C=O) groups is 2. The Hall–Kier alpha value is -3.34. The second-order valence-electron chi connectivity index (χ2n) is 5.86. The van der Waals surface area contributed by atoms with Gasteiger partial charge in [0.2, 0.25) is 5.91 Å². The van der Waals surface area contributed by atoms with Crippen LogP contribution in [0.15, 0.2) is 83.5 Å². The zero-order valence-corrected chi connectivity index (χ0v) is 14.2. The molecule has 2 aromatic carbocycles. The monoisotopic (exact) mass is 348 g/mol. The van der Waals surface area contributed by atoms with Crippen LogP contribution < -0.4 is 10.6 Å². The SMILES string of the molecule is O=C(CC(NC(=O)c1ccccc1)c1ccccc1)NCc1ccco1. The van der Waals surface area contributed by atoms with Gasteiger partial charge in [-0.05, 0) is 29.8 Å². The predicted octanol–water partition coefficient (Wildman–Crippen LogP) is 3.46. The van der Waals surface area contributed by atoms with Crippen molar-refractivity contribution in [2.75, 3.05) is 0 Å². The van der Waals surface area contributed by atoms with Gasteiger partial charge in [0, 0.05) is 5.56 Å². The Morgan fingerprint density at radius 1 is 0.885 bits per heavy atom. The van der Waals surface area contributed by atoms with Crippen LogP contribution in [0.4, 0.5) is 0 Å². The highest BCUT2D eigenvalue weighted by Crippen LogP contribution is 2.17. The van der Waals surface area contributed by atoms with Crippen molar-refractivity contribution in [3.05, 3.63) is 95.9 Å². The van der Waals surface area contributed by atoms with Crippen molar-refractivity contribution in [1.82, 2.24) is 10.6 Å². The van der Waals surface area contributed by atoms with E-state index in [1.54, 1.807) is 30.5 Å². The quantitative estimate of drug-likeness (QED) is 0.687. The number of nitrogens with one attached hydrogen (secondary N) is 2. The second-order valence-corrected chi connectivity index (χ2v) is 5.86. The highest BCUT2D eigenvalue weighted by Gasteiger charge is 2.19. The third-order valence-electron chi connectivity index (χ3n) is 3.97. The smallest absolute Gasteiger partial charge is 0.251 e. The first kappa shape index (κ1) is 17.5. The average Bonchev–Trinajstić information content (AvgIpc) is 3.21. The summed E-state index contributed by atoms with van der Waals surface area (Å²) >= 11 is 0. The topological polar surface area (TPSA) is 71.3 Å². The van der Waals surface area contributed by atoms with Crippen LogP contribution >= 0.6 is 0 Å². The van der Waals surface area contributed by atoms with Gasteiger partial charge in [0.05, 0.1) is 25.3 Å². The van der Waals surface area contributed by atoms with E-state index >= 15 is 0 Å². The summed E-state index contributed by atoms with van der Waals surface area (Å²) in [5, 5.41) is 5.76. The molecule has 132 valence electrons. The fraction of sp³-hybridized carbons (Fsp3) is 0.143. The highest BCUT2D eigenvalue weighted by atomic mass is 16.3. The zero-order chi connectivity index (χ0) is 18.2. The maximum Gasteiger partial charge on any atom is 0.251 e. The Balaban J connectivity index is 1.67. The first-order valence-corrected chi connectivity index (χ1v) is 8.42. The molecule has 1 unspecified atom stereocenters. The molecule has 2 amide bonds.